The van der Waals surface area contributed by atoms with Gasteiger partial charge in [-0.2, -0.15) is 0 Å². The second-order valence-corrected chi connectivity index (χ2v) is 7.63. The highest BCUT2D eigenvalue weighted by atomic mass is 35.5. The number of halogens is 1. The van der Waals surface area contributed by atoms with E-state index < -0.39 is 0 Å². The van der Waals surface area contributed by atoms with Crippen molar-refractivity contribution in [3.63, 3.8) is 0 Å². The number of hydrogen-bond acceptors (Lipinski definition) is 5. The normalized spacial score (nSPS) is 10.8. The predicted molar refractivity (Wildman–Crippen MR) is 102 cm³/mol. The first kappa shape index (κ1) is 17.1. The smallest absolute Gasteiger partial charge is 0.262 e. The number of amides is 1. The highest BCUT2D eigenvalue weighted by Gasteiger charge is 2.08. The van der Waals surface area contributed by atoms with Crippen LogP contribution < -0.4 is 10.1 Å². The van der Waals surface area contributed by atoms with Gasteiger partial charge in [0.1, 0.15) is 5.75 Å². The number of rotatable bonds is 5. The molecule has 3 aromatic rings. The fourth-order valence-electron chi connectivity index (χ4n) is 2.18. The molecule has 7 heteroatoms. The van der Waals surface area contributed by atoms with Crippen LogP contribution in [0.15, 0.2) is 40.7 Å². The van der Waals surface area contributed by atoms with Gasteiger partial charge < -0.3 is 10.1 Å². The molecule has 3 rings (SSSR count). The molecule has 0 saturated heterocycles. The van der Waals surface area contributed by atoms with Crippen LogP contribution in [0.1, 0.15) is 5.56 Å². The number of aryl methyl sites for hydroxylation is 1. The van der Waals surface area contributed by atoms with Crippen molar-refractivity contribution in [1.82, 2.24) is 4.98 Å². The summed E-state index contributed by atoms with van der Waals surface area (Å²) < 4.78 is 7.61. The van der Waals surface area contributed by atoms with E-state index in [0.717, 1.165) is 25.8 Å². The Balaban J connectivity index is 1.64. The van der Waals surface area contributed by atoms with Crippen LogP contribution in [-0.4, -0.2) is 23.8 Å². The number of aromatic nitrogens is 1. The molecule has 1 amide bonds. The average molecular weight is 379 g/mol. The predicted octanol–water partition coefficient (Wildman–Crippen LogP) is 5.00. The third-order valence-electron chi connectivity index (χ3n) is 3.32. The van der Waals surface area contributed by atoms with Crippen molar-refractivity contribution in [1.29, 1.82) is 0 Å². The average Bonchev–Trinajstić information content (AvgIpc) is 2.96. The third-order valence-corrected chi connectivity index (χ3v) is 5.56. The summed E-state index contributed by atoms with van der Waals surface area (Å²) in [6, 6.07) is 11.0. The number of carbonyl (C=O) groups is 1. The summed E-state index contributed by atoms with van der Waals surface area (Å²) in [6.07, 6.45) is 2.00. The van der Waals surface area contributed by atoms with E-state index in [0.29, 0.717) is 10.8 Å². The number of thioether (sulfide) groups is 1. The summed E-state index contributed by atoms with van der Waals surface area (Å²) >= 11 is 9.13. The summed E-state index contributed by atoms with van der Waals surface area (Å²) in [7, 11) is 0. The Labute approximate surface area is 153 Å². The molecular weight excluding hydrogens is 364 g/mol. The van der Waals surface area contributed by atoms with Crippen LogP contribution in [-0.2, 0) is 4.79 Å². The van der Waals surface area contributed by atoms with Crippen LogP contribution in [0.4, 0.5) is 5.69 Å². The van der Waals surface area contributed by atoms with Crippen molar-refractivity contribution in [3.05, 3.63) is 47.0 Å². The molecule has 4 nitrogen and oxygen atoms in total. The van der Waals surface area contributed by atoms with Gasteiger partial charge in [0.2, 0.25) is 0 Å². The molecule has 0 radical (unpaired) electrons. The molecular formula is C17H15ClN2O2S2. The minimum atomic E-state index is -0.210. The highest BCUT2D eigenvalue weighted by Crippen LogP contribution is 2.30. The molecule has 0 aliphatic rings. The van der Waals surface area contributed by atoms with Gasteiger partial charge in [-0.25, -0.2) is 4.98 Å². The monoisotopic (exact) mass is 378 g/mol. The number of nitrogens with zero attached hydrogens (tertiary/aromatic N) is 1. The Kier molecular flexibility index (Phi) is 5.28. The summed E-state index contributed by atoms with van der Waals surface area (Å²) in [5, 5.41) is 3.49. The van der Waals surface area contributed by atoms with E-state index in [2.05, 4.69) is 10.3 Å². The summed E-state index contributed by atoms with van der Waals surface area (Å²) in [6.45, 7) is 1.83. The molecule has 0 aliphatic carbocycles. The largest absolute Gasteiger partial charge is 0.483 e. The van der Waals surface area contributed by atoms with Gasteiger partial charge in [0.15, 0.2) is 10.9 Å². The lowest BCUT2D eigenvalue weighted by atomic mass is 10.2. The zero-order valence-corrected chi connectivity index (χ0v) is 15.5. The van der Waals surface area contributed by atoms with Crippen LogP contribution in [0.2, 0.25) is 5.02 Å². The lowest BCUT2D eigenvalue weighted by Crippen LogP contribution is -2.20. The van der Waals surface area contributed by atoms with Crippen molar-refractivity contribution in [2.45, 2.75) is 11.3 Å². The Morgan fingerprint density at radius 2 is 2.17 bits per heavy atom. The van der Waals surface area contributed by atoms with Gasteiger partial charge in [-0.05, 0) is 55.1 Å². The van der Waals surface area contributed by atoms with Crippen LogP contribution in [0.25, 0.3) is 10.2 Å². The zero-order valence-electron chi connectivity index (χ0n) is 13.1. The summed E-state index contributed by atoms with van der Waals surface area (Å²) in [5.41, 5.74) is 2.57. The minimum Gasteiger partial charge on any atom is -0.483 e. The van der Waals surface area contributed by atoms with Gasteiger partial charge in [0.25, 0.3) is 5.91 Å². The molecule has 0 fully saturated rings. The van der Waals surface area contributed by atoms with Gasteiger partial charge in [-0.3, -0.25) is 4.79 Å². The number of hydrogen-bond donors (Lipinski definition) is 1. The van der Waals surface area contributed by atoms with Crippen LogP contribution in [0, 0.1) is 6.92 Å². The van der Waals surface area contributed by atoms with Gasteiger partial charge in [0.05, 0.1) is 10.2 Å². The number of fused-ring (bicyclic) bond motifs is 1. The SMILES string of the molecule is CSc1nc2ccc(NC(=O)COc3ccc(Cl)cc3C)cc2s1. The van der Waals surface area contributed by atoms with Crippen molar-refractivity contribution < 1.29 is 9.53 Å². The van der Waals surface area contributed by atoms with Gasteiger partial charge in [0, 0.05) is 10.7 Å². The van der Waals surface area contributed by atoms with E-state index in [4.69, 9.17) is 16.3 Å². The maximum Gasteiger partial charge on any atom is 0.262 e. The topological polar surface area (TPSA) is 51.2 Å². The standard InChI is InChI=1S/C17H15ClN2O2S2/c1-10-7-11(18)3-6-14(10)22-9-16(21)19-12-4-5-13-15(8-12)24-17(20-13)23-2/h3-8H,9H2,1-2H3,(H,19,21). The number of thiazole rings is 1. The molecule has 0 aliphatic heterocycles. The molecule has 0 spiro atoms. The van der Waals surface area contributed by atoms with E-state index >= 15 is 0 Å². The second kappa shape index (κ2) is 7.42. The first-order valence-electron chi connectivity index (χ1n) is 7.18. The van der Waals surface area contributed by atoms with Crippen LogP contribution in [0.3, 0.4) is 0 Å². The first-order chi connectivity index (χ1) is 11.5. The Morgan fingerprint density at radius 1 is 1.33 bits per heavy atom. The Morgan fingerprint density at radius 3 is 2.92 bits per heavy atom. The molecule has 1 aromatic heterocycles. The van der Waals surface area contributed by atoms with Gasteiger partial charge in [-0.15, -0.1) is 11.3 Å². The fourth-order valence-corrected chi connectivity index (χ4v) is 3.94. The summed E-state index contributed by atoms with van der Waals surface area (Å²) in [4.78, 5) is 16.6. The first-order valence-corrected chi connectivity index (χ1v) is 9.60. The van der Waals surface area contributed by atoms with E-state index in [1.807, 2.05) is 31.4 Å². The lowest BCUT2D eigenvalue weighted by molar-refractivity contribution is -0.118. The van der Waals surface area contributed by atoms with E-state index in [1.165, 1.54) is 0 Å². The fraction of sp³-hybridized carbons (Fsp3) is 0.176. The Hall–Kier alpha value is -1.76. The molecule has 124 valence electrons. The van der Waals surface area contributed by atoms with Crippen molar-refractivity contribution >= 4 is 56.5 Å². The van der Waals surface area contributed by atoms with Crippen molar-refractivity contribution in [2.24, 2.45) is 0 Å². The highest BCUT2D eigenvalue weighted by molar-refractivity contribution is 8.00. The van der Waals surface area contributed by atoms with Gasteiger partial charge >= 0.3 is 0 Å². The lowest BCUT2D eigenvalue weighted by Gasteiger charge is -2.10. The molecule has 0 atom stereocenters. The van der Waals surface area contributed by atoms with Crippen LogP contribution >= 0.6 is 34.7 Å². The van der Waals surface area contributed by atoms with Crippen molar-refractivity contribution in [2.75, 3.05) is 18.2 Å². The number of carbonyl (C=O) groups excluding carboxylic acids is 1. The maximum absolute atomic E-state index is 12.1. The number of anilines is 1. The molecule has 24 heavy (non-hydrogen) atoms. The minimum absolute atomic E-state index is 0.0563. The second-order valence-electron chi connectivity index (χ2n) is 5.11. The quantitative estimate of drug-likeness (QED) is 0.635. The number of benzene rings is 2. The molecule has 1 heterocycles. The molecule has 0 unspecified atom stereocenters. The molecule has 0 saturated carbocycles. The van der Waals surface area contributed by atoms with E-state index in [9.17, 15) is 4.79 Å². The molecule has 0 bridgehead atoms. The maximum atomic E-state index is 12.1. The number of nitrogens with one attached hydrogen (secondary N) is 1. The van der Waals surface area contributed by atoms with Crippen molar-refractivity contribution in [3.8, 4) is 5.75 Å². The third kappa shape index (κ3) is 4.01. The number of ether oxygens (including phenoxy) is 1. The van der Waals surface area contributed by atoms with E-state index in [-0.39, 0.29) is 12.5 Å². The molecule has 1 N–H and O–H groups in total. The zero-order chi connectivity index (χ0) is 17.1. The van der Waals surface area contributed by atoms with Gasteiger partial charge in [-0.1, -0.05) is 23.4 Å². The summed E-state index contributed by atoms with van der Waals surface area (Å²) in [5.74, 6) is 0.440. The van der Waals surface area contributed by atoms with E-state index in [1.54, 1.807) is 41.3 Å². The Bertz CT molecular complexity index is 895. The molecule has 2 aromatic carbocycles. The van der Waals surface area contributed by atoms with Crippen LogP contribution in [0.5, 0.6) is 5.75 Å².